The van der Waals surface area contributed by atoms with Crippen LogP contribution in [0.4, 0.5) is 18.9 Å². The molecule has 0 aromatic heterocycles. The van der Waals surface area contributed by atoms with E-state index < -0.39 is 34.4 Å². The van der Waals surface area contributed by atoms with Gasteiger partial charge in [-0.2, -0.15) is 21.6 Å². The maximum Gasteiger partial charge on any atom is 0.419 e. The molecule has 9 nitrogen and oxygen atoms in total. The van der Waals surface area contributed by atoms with Gasteiger partial charge in [0.15, 0.2) is 0 Å². The molecule has 13 heteroatoms. The Morgan fingerprint density at radius 3 is 2.57 bits per heavy atom. The molecule has 2 aromatic carbocycles. The third-order valence-electron chi connectivity index (χ3n) is 5.11. The van der Waals surface area contributed by atoms with Gasteiger partial charge < -0.3 is 15.2 Å². The van der Waals surface area contributed by atoms with Crippen LogP contribution in [-0.2, 0) is 32.4 Å². The van der Waals surface area contributed by atoms with Crippen molar-refractivity contribution in [3.8, 4) is 11.5 Å². The van der Waals surface area contributed by atoms with Crippen molar-refractivity contribution in [2.75, 3.05) is 24.0 Å². The van der Waals surface area contributed by atoms with Gasteiger partial charge >= 0.3 is 16.4 Å². The molecule has 0 radical (unpaired) electrons. The van der Waals surface area contributed by atoms with E-state index in [0.29, 0.717) is 24.9 Å². The van der Waals surface area contributed by atoms with E-state index in [1.54, 1.807) is 6.07 Å². The van der Waals surface area contributed by atoms with Gasteiger partial charge in [0.05, 0.1) is 17.9 Å². The predicted octanol–water partition coefficient (Wildman–Crippen LogP) is 2.50. The van der Waals surface area contributed by atoms with Crippen LogP contribution >= 0.6 is 0 Å². The average Bonchev–Trinajstić information content (AvgIpc) is 3.06. The number of ether oxygens (including phenoxy) is 1. The predicted molar refractivity (Wildman–Crippen MR) is 120 cm³/mol. The van der Waals surface area contributed by atoms with Crippen molar-refractivity contribution in [3.05, 3.63) is 53.6 Å². The van der Waals surface area contributed by atoms with Gasteiger partial charge in [0.1, 0.15) is 18.0 Å². The van der Waals surface area contributed by atoms with E-state index in [0.717, 1.165) is 10.4 Å². The molecular formula is C22H24F3N3O6S. The average molecular weight is 516 g/mol. The summed E-state index contributed by atoms with van der Waals surface area (Å²) in [5.74, 6) is -1.53. The minimum Gasteiger partial charge on any atom is -0.506 e. The summed E-state index contributed by atoms with van der Waals surface area (Å²) in [6, 6.07) is 9.21. The van der Waals surface area contributed by atoms with Crippen molar-refractivity contribution in [3.63, 3.8) is 0 Å². The number of hydrogen-bond acceptors (Lipinski definition) is 6. The number of phenols is 1. The number of benzene rings is 2. The van der Waals surface area contributed by atoms with Gasteiger partial charge in [-0.15, -0.1) is 0 Å². The van der Waals surface area contributed by atoms with Gasteiger partial charge in [-0.3, -0.25) is 9.59 Å². The van der Waals surface area contributed by atoms with E-state index >= 15 is 0 Å². The van der Waals surface area contributed by atoms with Crippen LogP contribution in [0.2, 0.25) is 0 Å². The smallest absolute Gasteiger partial charge is 0.419 e. The molecule has 0 unspecified atom stereocenters. The summed E-state index contributed by atoms with van der Waals surface area (Å²) in [6.07, 6.45) is -3.16. The second-order valence-electron chi connectivity index (χ2n) is 7.76. The van der Waals surface area contributed by atoms with Crippen LogP contribution < -0.4 is 19.1 Å². The Kier molecular flexibility index (Phi) is 8.10. The van der Waals surface area contributed by atoms with E-state index in [4.69, 9.17) is 4.74 Å². The number of aromatic hydroxyl groups is 1. The third-order valence-corrected chi connectivity index (χ3v) is 6.50. The van der Waals surface area contributed by atoms with Crippen molar-refractivity contribution >= 4 is 27.7 Å². The molecule has 0 atom stereocenters. The Morgan fingerprint density at radius 1 is 1.17 bits per heavy atom. The first kappa shape index (κ1) is 26.1. The molecule has 35 heavy (non-hydrogen) atoms. The van der Waals surface area contributed by atoms with Crippen LogP contribution in [-0.4, -0.2) is 45.0 Å². The molecule has 1 aliphatic rings. The zero-order chi connectivity index (χ0) is 25.6. The monoisotopic (exact) mass is 515 g/mol. The van der Waals surface area contributed by atoms with Crippen LogP contribution in [0, 0.1) is 0 Å². The second-order valence-corrected chi connectivity index (χ2v) is 9.35. The number of nitrogens with zero attached hydrogens (tertiary/aromatic N) is 1. The fourth-order valence-corrected chi connectivity index (χ4v) is 4.57. The Morgan fingerprint density at radius 2 is 1.91 bits per heavy atom. The minimum atomic E-state index is -4.50. The molecule has 0 spiro atoms. The highest BCUT2D eigenvalue weighted by atomic mass is 32.2. The summed E-state index contributed by atoms with van der Waals surface area (Å²) in [5, 5.41) is 12.9. The molecule has 1 fully saturated rings. The zero-order valence-electron chi connectivity index (χ0n) is 18.5. The molecule has 1 saturated heterocycles. The van der Waals surface area contributed by atoms with Crippen molar-refractivity contribution < 1.29 is 41.0 Å². The normalized spacial score (nSPS) is 15.1. The van der Waals surface area contributed by atoms with E-state index in [-0.39, 0.29) is 42.5 Å². The van der Waals surface area contributed by atoms with Crippen LogP contribution in [0.5, 0.6) is 11.5 Å². The number of amides is 2. The number of alkyl halides is 3. The largest absolute Gasteiger partial charge is 0.506 e. The number of phenolic OH excluding ortho intramolecular Hbond substituents is 1. The van der Waals surface area contributed by atoms with Crippen molar-refractivity contribution in [2.24, 2.45) is 0 Å². The highest BCUT2D eigenvalue weighted by Crippen LogP contribution is 2.36. The first-order chi connectivity index (χ1) is 16.5. The first-order valence-corrected chi connectivity index (χ1v) is 12.1. The molecule has 0 bridgehead atoms. The van der Waals surface area contributed by atoms with Gasteiger partial charge in [-0.05, 0) is 49.1 Å². The Balaban J connectivity index is 1.38. The molecule has 3 rings (SSSR count). The Labute approximate surface area is 200 Å². The van der Waals surface area contributed by atoms with Gasteiger partial charge in [0.25, 0.3) is 5.91 Å². The summed E-state index contributed by atoms with van der Waals surface area (Å²) in [6.45, 7) is -0.0406. The summed E-state index contributed by atoms with van der Waals surface area (Å²) in [7, 11) is -4.04. The summed E-state index contributed by atoms with van der Waals surface area (Å²) in [5.41, 5.74) is -0.287. The fourth-order valence-electron chi connectivity index (χ4n) is 3.41. The van der Waals surface area contributed by atoms with E-state index in [1.807, 2.05) is 4.72 Å². The highest BCUT2D eigenvalue weighted by Gasteiger charge is 2.35. The van der Waals surface area contributed by atoms with Gasteiger partial charge in [0, 0.05) is 13.0 Å². The first-order valence-electron chi connectivity index (χ1n) is 10.7. The molecule has 3 N–H and O–H groups in total. The van der Waals surface area contributed by atoms with Crippen LogP contribution in [0.15, 0.2) is 42.5 Å². The van der Waals surface area contributed by atoms with Crippen LogP contribution in [0.1, 0.15) is 30.4 Å². The maximum absolute atomic E-state index is 12.9. The minimum absolute atomic E-state index is 0.0448. The van der Waals surface area contributed by atoms with Gasteiger partial charge in [-0.1, -0.05) is 18.2 Å². The lowest BCUT2D eigenvalue weighted by atomic mass is 10.1. The topological polar surface area (TPSA) is 125 Å². The number of aryl methyl sites for hydroxylation is 1. The van der Waals surface area contributed by atoms with Crippen LogP contribution in [0.3, 0.4) is 0 Å². The number of hydrogen-bond donors (Lipinski definition) is 3. The number of carbonyl (C=O) groups is 2. The Bertz CT molecular complexity index is 1190. The molecule has 1 aliphatic heterocycles. The standard InChI is InChI=1S/C22H24F3N3O6S/c23-22(24,25)16-5-1-2-6-19(16)34-12-4-3-11-26-20(30)10-8-15-7-9-17(18(29)13-15)28-14-21(31)27-35(28,32)33/h1-2,5-7,9,13,29H,3-4,8,10-12,14H2,(H,26,30)(H,27,31). The number of anilines is 1. The number of halogens is 3. The third kappa shape index (κ3) is 7.01. The zero-order valence-corrected chi connectivity index (χ0v) is 19.3. The van der Waals surface area contributed by atoms with Crippen molar-refractivity contribution in [1.82, 2.24) is 10.0 Å². The molecule has 1 heterocycles. The van der Waals surface area contributed by atoms with Gasteiger partial charge in [-0.25, -0.2) is 9.03 Å². The van der Waals surface area contributed by atoms with E-state index in [9.17, 15) is 36.3 Å². The summed E-state index contributed by atoms with van der Waals surface area (Å²) >= 11 is 0. The molecular weight excluding hydrogens is 491 g/mol. The van der Waals surface area contributed by atoms with Crippen molar-refractivity contribution in [1.29, 1.82) is 0 Å². The highest BCUT2D eigenvalue weighted by molar-refractivity contribution is 7.92. The van der Waals surface area contributed by atoms with Gasteiger partial charge in [0.2, 0.25) is 5.91 Å². The number of unbranched alkanes of at least 4 members (excludes halogenated alkanes) is 1. The molecule has 2 amide bonds. The van der Waals surface area contributed by atoms with E-state index in [1.165, 1.54) is 30.3 Å². The lowest BCUT2D eigenvalue weighted by Crippen LogP contribution is -2.29. The quantitative estimate of drug-likeness (QED) is 0.418. The molecule has 190 valence electrons. The number of carbonyl (C=O) groups excluding carboxylic acids is 2. The fraction of sp³-hybridized carbons (Fsp3) is 0.364. The Hall–Kier alpha value is -3.48. The number of para-hydroxylation sites is 1. The molecule has 2 aromatic rings. The van der Waals surface area contributed by atoms with Crippen LogP contribution in [0.25, 0.3) is 0 Å². The lowest BCUT2D eigenvalue weighted by molar-refractivity contribution is -0.139. The van der Waals surface area contributed by atoms with E-state index in [2.05, 4.69) is 5.32 Å². The number of rotatable bonds is 10. The second kappa shape index (κ2) is 10.8. The maximum atomic E-state index is 12.9. The summed E-state index contributed by atoms with van der Waals surface area (Å²) in [4.78, 5) is 23.4. The summed E-state index contributed by atoms with van der Waals surface area (Å²) < 4.78 is 70.4. The SMILES string of the molecule is O=C(CCc1ccc(N2CC(=O)NS2(=O)=O)c(O)c1)NCCCCOc1ccccc1C(F)(F)F. The molecule has 0 saturated carbocycles. The van der Waals surface area contributed by atoms with Crippen molar-refractivity contribution in [2.45, 2.75) is 31.9 Å². The lowest BCUT2D eigenvalue weighted by Gasteiger charge is -2.16. The molecule has 0 aliphatic carbocycles. The number of nitrogens with one attached hydrogen (secondary N) is 2.